The van der Waals surface area contributed by atoms with Crippen LogP contribution in [0.25, 0.3) is 0 Å². The molecule has 0 bridgehead atoms. The van der Waals surface area contributed by atoms with E-state index in [0.717, 1.165) is 15.7 Å². The largest absolute Gasteiger partial charge is 0.331 e. The molecule has 0 spiro atoms. The van der Waals surface area contributed by atoms with Crippen LogP contribution in [0, 0.1) is 0 Å². The number of thiazole rings is 1. The van der Waals surface area contributed by atoms with Crippen molar-refractivity contribution in [3.05, 3.63) is 107 Å². The fourth-order valence-corrected chi connectivity index (χ4v) is 3.89. The summed E-state index contributed by atoms with van der Waals surface area (Å²) in [6.07, 6.45) is 1.81. The van der Waals surface area contributed by atoms with Crippen molar-refractivity contribution in [3.63, 3.8) is 0 Å². The van der Waals surface area contributed by atoms with Crippen LogP contribution in [0.4, 0.5) is 10.8 Å². The molecule has 0 saturated carbocycles. The molecule has 0 aliphatic rings. The molecule has 2 nitrogen and oxygen atoms in total. The van der Waals surface area contributed by atoms with Crippen molar-refractivity contribution in [2.75, 3.05) is 5.32 Å². The van der Waals surface area contributed by atoms with Gasteiger partial charge in [0.2, 0.25) is 0 Å². The summed E-state index contributed by atoms with van der Waals surface area (Å²) in [6, 6.07) is 27.5. The van der Waals surface area contributed by atoms with Crippen molar-refractivity contribution in [1.82, 2.24) is 4.98 Å². The van der Waals surface area contributed by atoms with E-state index in [1.165, 1.54) is 16.7 Å². The van der Waals surface area contributed by atoms with E-state index in [1.54, 1.807) is 11.3 Å². The molecule has 0 amide bonds. The van der Waals surface area contributed by atoms with Crippen molar-refractivity contribution in [3.8, 4) is 0 Å². The molecule has 0 aliphatic carbocycles. The van der Waals surface area contributed by atoms with E-state index in [-0.39, 0.29) is 5.92 Å². The highest BCUT2D eigenvalue weighted by Gasteiger charge is 2.20. The highest BCUT2D eigenvalue weighted by Crippen LogP contribution is 2.38. The molecule has 26 heavy (non-hydrogen) atoms. The number of hydrogen-bond donors (Lipinski definition) is 2. The lowest BCUT2D eigenvalue weighted by molar-refractivity contribution is 0.976. The maximum Gasteiger partial charge on any atom is 0.187 e. The van der Waals surface area contributed by atoms with Gasteiger partial charge < -0.3 is 5.32 Å². The Labute approximate surface area is 163 Å². The predicted octanol–water partition coefficient (Wildman–Crippen LogP) is 6.36. The first-order chi connectivity index (χ1) is 12.8. The zero-order valence-corrected chi connectivity index (χ0v) is 15.8. The third-order valence-corrected chi connectivity index (χ3v) is 5.25. The Morgan fingerprint density at radius 3 is 2.08 bits per heavy atom. The summed E-state index contributed by atoms with van der Waals surface area (Å²) < 4.78 is 0. The zero-order valence-electron chi connectivity index (χ0n) is 14.0. The second-order valence-corrected chi connectivity index (χ2v) is 7.40. The first-order valence-electron chi connectivity index (χ1n) is 8.40. The van der Waals surface area contributed by atoms with Gasteiger partial charge in [0.1, 0.15) is 0 Å². The van der Waals surface area contributed by atoms with Crippen molar-refractivity contribution >= 4 is 34.8 Å². The quantitative estimate of drug-likeness (QED) is 0.314. The molecule has 1 heterocycles. The topological polar surface area (TPSA) is 24.9 Å². The van der Waals surface area contributed by atoms with Crippen LogP contribution in [-0.4, -0.2) is 4.98 Å². The second kappa shape index (κ2) is 7.77. The Bertz CT molecular complexity index is 928. The minimum Gasteiger partial charge on any atom is -0.331 e. The number of thiol groups is 1. The Kier molecular flexibility index (Phi) is 5.04. The Hall–Kier alpha value is -2.56. The fourth-order valence-electron chi connectivity index (χ4n) is 3.15. The Balaban J connectivity index is 1.86. The van der Waals surface area contributed by atoms with Crippen molar-refractivity contribution in [2.24, 2.45) is 0 Å². The average Bonchev–Trinajstić information content (AvgIpc) is 3.19. The SMILES string of the molecule is Sc1ccc(C(c2ccccc2)c2ccccc2)c(Nc2nccs2)c1. The van der Waals surface area contributed by atoms with Crippen LogP contribution in [0.2, 0.25) is 0 Å². The molecule has 0 saturated heterocycles. The summed E-state index contributed by atoms with van der Waals surface area (Å²) in [5.74, 6) is 0.133. The third kappa shape index (κ3) is 3.66. The van der Waals surface area contributed by atoms with Crippen LogP contribution in [0.3, 0.4) is 0 Å². The molecule has 0 radical (unpaired) electrons. The van der Waals surface area contributed by atoms with E-state index in [9.17, 15) is 0 Å². The molecule has 4 rings (SSSR count). The van der Waals surface area contributed by atoms with Crippen molar-refractivity contribution in [1.29, 1.82) is 0 Å². The molecule has 0 fully saturated rings. The Morgan fingerprint density at radius 2 is 1.50 bits per heavy atom. The van der Waals surface area contributed by atoms with Crippen LogP contribution >= 0.6 is 24.0 Å². The van der Waals surface area contributed by atoms with Crippen LogP contribution in [0.1, 0.15) is 22.6 Å². The standard InChI is InChI=1S/C22H18N2S2/c25-18-11-12-19(20(15-18)24-22-23-13-14-26-22)21(16-7-3-1-4-8-16)17-9-5-2-6-10-17/h1-15,21,25H,(H,23,24). The molecule has 4 aromatic rings. The van der Waals surface area contributed by atoms with Gasteiger partial charge in [-0.15, -0.1) is 24.0 Å². The molecule has 0 aliphatic heterocycles. The number of anilines is 2. The van der Waals surface area contributed by atoms with Gasteiger partial charge >= 0.3 is 0 Å². The van der Waals surface area contributed by atoms with Gasteiger partial charge in [-0.3, -0.25) is 0 Å². The van der Waals surface area contributed by atoms with E-state index in [1.807, 2.05) is 17.6 Å². The van der Waals surface area contributed by atoms with Gasteiger partial charge in [-0.1, -0.05) is 66.7 Å². The maximum absolute atomic E-state index is 4.54. The van der Waals surface area contributed by atoms with Crippen molar-refractivity contribution < 1.29 is 0 Å². The van der Waals surface area contributed by atoms with Gasteiger partial charge in [-0.05, 0) is 28.8 Å². The van der Waals surface area contributed by atoms with Gasteiger partial charge in [0.15, 0.2) is 5.13 Å². The first kappa shape index (κ1) is 16.9. The molecule has 0 unspecified atom stereocenters. The second-order valence-electron chi connectivity index (χ2n) is 5.99. The summed E-state index contributed by atoms with van der Waals surface area (Å²) in [4.78, 5) is 5.29. The molecule has 1 aromatic heterocycles. The lowest BCUT2D eigenvalue weighted by Crippen LogP contribution is -2.06. The smallest absolute Gasteiger partial charge is 0.187 e. The highest BCUT2D eigenvalue weighted by molar-refractivity contribution is 7.80. The lowest BCUT2D eigenvalue weighted by atomic mass is 9.84. The van der Waals surface area contributed by atoms with E-state index in [0.29, 0.717) is 0 Å². The van der Waals surface area contributed by atoms with Gasteiger partial charge in [0.05, 0.1) is 0 Å². The fraction of sp³-hybridized carbons (Fsp3) is 0.0455. The maximum atomic E-state index is 4.54. The number of aromatic nitrogens is 1. The van der Waals surface area contributed by atoms with E-state index < -0.39 is 0 Å². The van der Waals surface area contributed by atoms with E-state index >= 15 is 0 Å². The normalized spacial score (nSPS) is 10.8. The molecular formula is C22H18N2S2. The van der Waals surface area contributed by atoms with E-state index in [4.69, 9.17) is 0 Å². The summed E-state index contributed by atoms with van der Waals surface area (Å²) in [5.41, 5.74) is 4.75. The number of benzene rings is 3. The molecule has 128 valence electrons. The van der Waals surface area contributed by atoms with Gasteiger partial charge in [-0.2, -0.15) is 0 Å². The molecule has 1 N–H and O–H groups in total. The molecule has 0 atom stereocenters. The van der Waals surface area contributed by atoms with Gasteiger partial charge in [0.25, 0.3) is 0 Å². The van der Waals surface area contributed by atoms with Crippen LogP contribution in [0.5, 0.6) is 0 Å². The van der Waals surface area contributed by atoms with Gasteiger partial charge in [-0.25, -0.2) is 4.98 Å². The number of hydrogen-bond acceptors (Lipinski definition) is 4. The third-order valence-electron chi connectivity index (χ3n) is 4.29. The highest BCUT2D eigenvalue weighted by atomic mass is 32.1. The summed E-state index contributed by atoms with van der Waals surface area (Å²) in [6.45, 7) is 0. The summed E-state index contributed by atoms with van der Waals surface area (Å²) in [7, 11) is 0. The minimum atomic E-state index is 0.133. The monoisotopic (exact) mass is 374 g/mol. The predicted molar refractivity (Wildman–Crippen MR) is 113 cm³/mol. The van der Waals surface area contributed by atoms with Crippen LogP contribution < -0.4 is 5.32 Å². The minimum absolute atomic E-state index is 0.133. The molecular weight excluding hydrogens is 356 g/mol. The Morgan fingerprint density at radius 1 is 0.846 bits per heavy atom. The summed E-state index contributed by atoms with van der Waals surface area (Å²) in [5, 5.41) is 6.32. The first-order valence-corrected chi connectivity index (χ1v) is 9.73. The lowest BCUT2D eigenvalue weighted by Gasteiger charge is -2.22. The molecule has 4 heteroatoms. The number of nitrogens with one attached hydrogen (secondary N) is 1. The zero-order chi connectivity index (χ0) is 17.8. The number of nitrogens with zero attached hydrogens (tertiary/aromatic N) is 1. The van der Waals surface area contributed by atoms with Crippen LogP contribution in [-0.2, 0) is 0 Å². The van der Waals surface area contributed by atoms with Crippen LogP contribution in [0.15, 0.2) is 95.3 Å². The van der Waals surface area contributed by atoms with Crippen molar-refractivity contribution in [2.45, 2.75) is 10.8 Å². The van der Waals surface area contributed by atoms with E-state index in [2.05, 4.69) is 95.7 Å². The number of rotatable bonds is 5. The van der Waals surface area contributed by atoms with Gasteiger partial charge in [0, 0.05) is 28.1 Å². The average molecular weight is 375 g/mol. The molecule has 3 aromatic carbocycles. The summed E-state index contributed by atoms with van der Waals surface area (Å²) >= 11 is 6.13.